The summed E-state index contributed by atoms with van der Waals surface area (Å²) in [6.45, 7) is 0. The van der Waals surface area contributed by atoms with E-state index in [9.17, 15) is 4.79 Å². The topological polar surface area (TPSA) is 53.1 Å². The van der Waals surface area contributed by atoms with Crippen molar-refractivity contribution < 1.29 is 9.90 Å². The van der Waals surface area contributed by atoms with Gasteiger partial charge in [-0.05, 0) is 30.5 Å². The molecule has 3 rings (SSSR count). The lowest BCUT2D eigenvalue weighted by atomic mass is 9.87. The van der Waals surface area contributed by atoms with Gasteiger partial charge in [-0.15, -0.1) is 0 Å². The highest BCUT2D eigenvalue weighted by Crippen LogP contribution is 2.32. The Morgan fingerprint density at radius 1 is 1.47 bits per heavy atom. The molecular weight excluding hydrogens is 238 g/mol. The van der Waals surface area contributed by atoms with Crippen molar-refractivity contribution in [2.75, 3.05) is 0 Å². The van der Waals surface area contributed by atoms with Crippen LogP contribution in [0.2, 0.25) is 5.02 Å². The van der Waals surface area contributed by atoms with Crippen molar-refractivity contribution in [3.8, 4) is 0 Å². The van der Waals surface area contributed by atoms with Crippen molar-refractivity contribution in [1.29, 1.82) is 0 Å². The first-order valence-corrected chi connectivity index (χ1v) is 6.04. The van der Waals surface area contributed by atoms with Gasteiger partial charge in [0.25, 0.3) is 0 Å². The summed E-state index contributed by atoms with van der Waals surface area (Å²) < 4.78 is 0. The highest BCUT2D eigenvalue weighted by molar-refractivity contribution is 6.31. The fourth-order valence-corrected chi connectivity index (χ4v) is 2.79. The predicted octanol–water partition coefficient (Wildman–Crippen LogP) is 3.01. The third-order valence-electron chi connectivity index (χ3n) is 3.50. The molecule has 88 valence electrons. The second-order valence-corrected chi connectivity index (χ2v) is 4.99. The van der Waals surface area contributed by atoms with Crippen molar-refractivity contribution in [2.24, 2.45) is 5.92 Å². The van der Waals surface area contributed by atoms with Crippen molar-refractivity contribution in [3.05, 3.63) is 34.5 Å². The van der Waals surface area contributed by atoms with E-state index in [0.29, 0.717) is 11.4 Å². The minimum absolute atomic E-state index is 0.258. The molecule has 0 spiro atoms. The summed E-state index contributed by atoms with van der Waals surface area (Å²) in [5, 5.41) is 10.9. The van der Waals surface area contributed by atoms with Gasteiger partial charge in [-0.25, -0.2) is 0 Å². The summed E-state index contributed by atoms with van der Waals surface area (Å²) in [6, 6.07) is 5.78. The van der Waals surface area contributed by atoms with E-state index in [4.69, 9.17) is 16.7 Å². The normalized spacial score (nSPS) is 19.2. The molecule has 1 aliphatic rings. The fraction of sp³-hybridized carbons (Fsp3) is 0.308. The molecule has 0 bridgehead atoms. The van der Waals surface area contributed by atoms with E-state index in [2.05, 4.69) is 4.98 Å². The van der Waals surface area contributed by atoms with Gasteiger partial charge < -0.3 is 10.1 Å². The highest BCUT2D eigenvalue weighted by atomic mass is 35.5. The van der Waals surface area contributed by atoms with Crippen LogP contribution in [0.4, 0.5) is 0 Å². The first-order chi connectivity index (χ1) is 8.15. The van der Waals surface area contributed by atoms with Gasteiger partial charge in [0.1, 0.15) is 0 Å². The minimum Gasteiger partial charge on any atom is -0.481 e. The largest absolute Gasteiger partial charge is 0.481 e. The van der Waals surface area contributed by atoms with Crippen LogP contribution in [0.3, 0.4) is 0 Å². The van der Waals surface area contributed by atoms with Gasteiger partial charge in [-0.3, -0.25) is 4.79 Å². The van der Waals surface area contributed by atoms with E-state index in [0.717, 1.165) is 24.1 Å². The monoisotopic (exact) mass is 249 g/mol. The van der Waals surface area contributed by atoms with Crippen LogP contribution in [-0.2, 0) is 17.6 Å². The molecule has 1 atom stereocenters. The van der Waals surface area contributed by atoms with E-state index in [-0.39, 0.29) is 5.92 Å². The number of H-pyrrole nitrogens is 1. The molecule has 1 heterocycles. The highest BCUT2D eigenvalue weighted by Gasteiger charge is 2.26. The Kier molecular flexibility index (Phi) is 2.37. The van der Waals surface area contributed by atoms with Crippen molar-refractivity contribution in [2.45, 2.75) is 19.3 Å². The average Bonchev–Trinajstić information content (AvgIpc) is 2.64. The van der Waals surface area contributed by atoms with E-state index in [1.165, 1.54) is 10.9 Å². The molecule has 4 heteroatoms. The Hall–Kier alpha value is -1.48. The molecule has 0 saturated carbocycles. The maximum atomic E-state index is 11.0. The number of hydrogen-bond donors (Lipinski definition) is 2. The number of aromatic amines is 1. The van der Waals surface area contributed by atoms with E-state index in [1.807, 2.05) is 18.2 Å². The lowest BCUT2D eigenvalue weighted by molar-refractivity contribution is -0.142. The van der Waals surface area contributed by atoms with Gasteiger partial charge in [0.05, 0.1) is 5.92 Å². The number of benzene rings is 1. The smallest absolute Gasteiger partial charge is 0.306 e. The summed E-state index contributed by atoms with van der Waals surface area (Å²) in [5.74, 6) is -0.960. The van der Waals surface area contributed by atoms with Crippen LogP contribution in [0, 0.1) is 5.92 Å². The molecule has 1 aromatic heterocycles. The number of aromatic nitrogens is 1. The third-order valence-corrected chi connectivity index (χ3v) is 3.73. The first-order valence-electron chi connectivity index (χ1n) is 5.67. The fourth-order valence-electron chi connectivity index (χ4n) is 2.62. The van der Waals surface area contributed by atoms with E-state index >= 15 is 0 Å². The summed E-state index contributed by atoms with van der Waals surface area (Å²) in [7, 11) is 0. The Bertz CT molecular complexity index is 603. The van der Waals surface area contributed by atoms with Crippen LogP contribution < -0.4 is 0 Å². The van der Waals surface area contributed by atoms with Gasteiger partial charge >= 0.3 is 5.97 Å². The number of carbonyl (C=O) groups is 1. The molecule has 0 fully saturated rings. The Morgan fingerprint density at radius 3 is 3.06 bits per heavy atom. The number of carboxylic acids is 1. The second-order valence-electron chi connectivity index (χ2n) is 4.55. The van der Waals surface area contributed by atoms with Gasteiger partial charge in [0.2, 0.25) is 0 Å². The number of carboxylic acid groups (broad SMARTS) is 1. The molecule has 17 heavy (non-hydrogen) atoms. The zero-order chi connectivity index (χ0) is 12.0. The lowest BCUT2D eigenvalue weighted by Gasteiger charge is -2.18. The van der Waals surface area contributed by atoms with Gasteiger partial charge in [-0.2, -0.15) is 0 Å². The molecule has 2 aromatic rings. The number of nitrogens with one attached hydrogen (secondary N) is 1. The molecule has 1 unspecified atom stereocenters. The third kappa shape index (κ3) is 1.71. The van der Waals surface area contributed by atoms with Gasteiger partial charge in [0, 0.05) is 28.0 Å². The van der Waals surface area contributed by atoms with Crippen LogP contribution in [0.1, 0.15) is 17.7 Å². The summed E-state index contributed by atoms with van der Waals surface area (Å²) >= 11 is 5.95. The van der Waals surface area contributed by atoms with Crippen molar-refractivity contribution in [1.82, 2.24) is 4.98 Å². The lowest BCUT2D eigenvalue weighted by Crippen LogP contribution is -2.21. The molecule has 0 saturated heterocycles. The Labute approximate surface area is 103 Å². The van der Waals surface area contributed by atoms with Crippen LogP contribution in [-0.4, -0.2) is 16.1 Å². The van der Waals surface area contributed by atoms with Crippen LogP contribution in [0.5, 0.6) is 0 Å². The molecule has 2 N–H and O–H groups in total. The van der Waals surface area contributed by atoms with Crippen LogP contribution in [0.25, 0.3) is 10.9 Å². The number of halogens is 1. The maximum absolute atomic E-state index is 11.0. The summed E-state index contributed by atoms with van der Waals surface area (Å²) in [5.41, 5.74) is 3.32. The predicted molar refractivity (Wildman–Crippen MR) is 66.5 cm³/mol. The Morgan fingerprint density at radius 2 is 2.29 bits per heavy atom. The second kappa shape index (κ2) is 3.77. The number of rotatable bonds is 1. The maximum Gasteiger partial charge on any atom is 0.306 e. The van der Waals surface area contributed by atoms with Gasteiger partial charge in [-0.1, -0.05) is 17.7 Å². The summed E-state index contributed by atoms with van der Waals surface area (Å²) in [4.78, 5) is 14.3. The molecular formula is C13H12ClNO2. The molecule has 0 aliphatic heterocycles. The zero-order valence-corrected chi connectivity index (χ0v) is 9.92. The number of hydrogen-bond acceptors (Lipinski definition) is 1. The average molecular weight is 250 g/mol. The molecule has 0 radical (unpaired) electrons. The standard InChI is InChI=1S/C13H12ClNO2/c14-8-2-4-10-9-3-1-7(13(16)17)5-11(9)15-12(10)6-8/h2,4,6-7,15H,1,3,5H2,(H,16,17). The van der Waals surface area contributed by atoms with Gasteiger partial charge in [0.15, 0.2) is 0 Å². The van der Waals surface area contributed by atoms with E-state index in [1.54, 1.807) is 0 Å². The number of fused-ring (bicyclic) bond motifs is 3. The minimum atomic E-state index is -0.702. The van der Waals surface area contributed by atoms with Crippen molar-refractivity contribution >= 4 is 28.5 Å². The quantitative estimate of drug-likeness (QED) is 0.816. The van der Waals surface area contributed by atoms with Crippen LogP contribution >= 0.6 is 11.6 Å². The number of aliphatic carboxylic acids is 1. The first kappa shape index (κ1) is 10.7. The molecule has 0 amide bonds. The molecule has 3 nitrogen and oxygen atoms in total. The van der Waals surface area contributed by atoms with Crippen molar-refractivity contribution in [3.63, 3.8) is 0 Å². The van der Waals surface area contributed by atoms with E-state index < -0.39 is 5.97 Å². The Balaban J connectivity index is 2.09. The SMILES string of the molecule is O=C(O)C1CCc2c([nH]c3cc(Cl)ccc23)C1. The number of aryl methyl sites for hydroxylation is 1. The molecule has 1 aliphatic carbocycles. The molecule has 1 aromatic carbocycles. The van der Waals surface area contributed by atoms with Crippen LogP contribution in [0.15, 0.2) is 18.2 Å². The zero-order valence-electron chi connectivity index (χ0n) is 9.16. The summed E-state index contributed by atoms with van der Waals surface area (Å²) in [6.07, 6.45) is 2.14.